The van der Waals surface area contributed by atoms with Crippen molar-refractivity contribution in [2.24, 2.45) is 0 Å². The van der Waals surface area contributed by atoms with E-state index in [-0.39, 0.29) is 11.9 Å². The number of thiophene rings is 1. The van der Waals surface area contributed by atoms with Gasteiger partial charge in [0.15, 0.2) is 5.69 Å². The summed E-state index contributed by atoms with van der Waals surface area (Å²) in [6.07, 6.45) is 5.74. The van der Waals surface area contributed by atoms with Gasteiger partial charge in [-0.15, -0.1) is 11.3 Å². The molecule has 3 aromatic rings. The molecule has 4 rings (SSSR count). The molecule has 1 aliphatic rings. The first-order chi connectivity index (χ1) is 11.7. The van der Waals surface area contributed by atoms with Gasteiger partial charge in [0.1, 0.15) is 0 Å². The summed E-state index contributed by atoms with van der Waals surface area (Å²) in [6.45, 7) is 3.59. The first-order valence-electron chi connectivity index (χ1n) is 8.11. The highest BCUT2D eigenvalue weighted by Crippen LogP contribution is 2.27. The molecule has 3 aromatic heterocycles. The van der Waals surface area contributed by atoms with Crippen LogP contribution in [0.5, 0.6) is 0 Å². The molecule has 1 N–H and O–H groups in total. The zero-order chi connectivity index (χ0) is 16.5. The molecular weight excluding hydrogens is 322 g/mol. The van der Waals surface area contributed by atoms with E-state index in [0.29, 0.717) is 5.69 Å². The monoisotopic (exact) mass is 341 g/mol. The van der Waals surface area contributed by atoms with Gasteiger partial charge in [-0.1, -0.05) is 0 Å². The molecule has 1 aliphatic heterocycles. The Morgan fingerprint density at radius 1 is 1.46 bits per heavy atom. The quantitative estimate of drug-likeness (QED) is 0.793. The van der Waals surface area contributed by atoms with Crippen LogP contribution in [-0.2, 0) is 6.54 Å². The van der Waals surface area contributed by atoms with Crippen LogP contribution in [-0.4, -0.2) is 43.4 Å². The second-order valence-corrected chi connectivity index (χ2v) is 7.39. The predicted octanol–water partition coefficient (Wildman–Crippen LogP) is 2.95. The summed E-state index contributed by atoms with van der Waals surface area (Å²) in [4.78, 5) is 17.1. The summed E-state index contributed by atoms with van der Waals surface area (Å²) in [6, 6.07) is 8.07. The van der Waals surface area contributed by atoms with Gasteiger partial charge in [0.2, 0.25) is 0 Å². The van der Waals surface area contributed by atoms with Gasteiger partial charge in [-0.2, -0.15) is 10.2 Å². The minimum absolute atomic E-state index is 0.000402. The molecule has 1 atom stereocenters. The van der Waals surface area contributed by atoms with Gasteiger partial charge in [0, 0.05) is 23.8 Å². The highest BCUT2D eigenvalue weighted by atomic mass is 32.1. The van der Waals surface area contributed by atoms with E-state index in [1.807, 2.05) is 27.9 Å². The number of hydrogen-bond acceptors (Lipinski definition) is 4. The lowest BCUT2D eigenvalue weighted by atomic mass is 10.2. The number of aromatic nitrogens is 4. The third-order valence-electron chi connectivity index (χ3n) is 4.40. The van der Waals surface area contributed by atoms with Crippen molar-refractivity contribution >= 4 is 17.2 Å². The number of carbonyl (C=O) groups excluding carboxylic acids is 1. The highest BCUT2D eigenvalue weighted by Gasteiger charge is 2.31. The summed E-state index contributed by atoms with van der Waals surface area (Å²) < 4.78 is 1.89. The van der Waals surface area contributed by atoms with Crippen LogP contribution in [0.2, 0.25) is 0 Å². The van der Waals surface area contributed by atoms with E-state index < -0.39 is 0 Å². The smallest absolute Gasteiger partial charge is 0.274 e. The maximum absolute atomic E-state index is 12.9. The van der Waals surface area contributed by atoms with Crippen LogP contribution < -0.4 is 0 Å². The molecule has 0 bridgehead atoms. The maximum Gasteiger partial charge on any atom is 0.274 e. The predicted molar refractivity (Wildman–Crippen MR) is 92.9 cm³/mol. The van der Waals surface area contributed by atoms with Crippen molar-refractivity contribution in [3.05, 3.63) is 47.2 Å². The number of hydrogen-bond donors (Lipinski definition) is 1. The van der Waals surface area contributed by atoms with Gasteiger partial charge in [0.05, 0.1) is 23.2 Å². The largest absolute Gasteiger partial charge is 0.332 e. The molecule has 0 spiro atoms. The van der Waals surface area contributed by atoms with Crippen LogP contribution in [0, 0.1) is 6.92 Å². The molecule has 0 saturated carbocycles. The van der Waals surface area contributed by atoms with Crippen LogP contribution in [0.3, 0.4) is 0 Å². The van der Waals surface area contributed by atoms with Crippen LogP contribution in [0.15, 0.2) is 36.7 Å². The van der Waals surface area contributed by atoms with Crippen molar-refractivity contribution in [3.63, 3.8) is 0 Å². The molecule has 1 amide bonds. The fraction of sp³-hybridized carbons (Fsp3) is 0.353. The molecular formula is C17H19N5OS. The Balaban J connectivity index is 1.51. The van der Waals surface area contributed by atoms with Crippen molar-refractivity contribution < 1.29 is 4.79 Å². The molecule has 0 radical (unpaired) electrons. The van der Waals surface area contributed by atoms with Gasteiger partial charge in [0.25, 0.3) is 5.91 Å². The van der Waals surface area contributed by atoms with Gasteiger partial charge in [-0.3, -0.25) is 14.6 Å². The summed E-state index contributed by atoms with van der Waals surface area (Å²) in [5, 5.41) is 11.5. The number of rotatable bonds is 4. The third-order valence-corrected chi connectivity index (χ3v) is 5.43. The number of aryl methyl sites for hydroxylation is 1. The van der Waals surface area contributed by atoms with Crippen LogP contribution in [0.4, 0.5) is 0 Å². The van der Waals surface area contributed by atoms with Crippen molar-refractivity contribution in [3.8, 4) is 10.6 Å². The number of nitrogens with one attached hydrogen (secondary N) is 1. The Morgan fingerprint density at radius 3 is 3.12 bits per heavy atom. The Morgan fingerprint density at radius 2 is 2.38 bits per heavy atom. The molecule has 6 nitrogen and oxygen atoms in total. The molecule has 1 fully saturated rings. The minimum Gasteiger partial charge on any atom is -0.332 e. The van der Waals surface area contributed by atoms with Crippen molar-refractivity contribution in [2.45, 2.75) is 32.4 Å². The number of H-pyrrole nitrogens is 1. The lowest BCUT2D eigenvalue weighted by molar-refractivity contribution is 0.0715. The Labute approximate surface area is 144 Å². The number of aromatic amines is 1. The molecule has 0 aliphatic carbocycles. The van der Waals surface area contributed by atoms with Crippen molar-refractivity contribution in [1.82, 2.24) is 24.9 Å². The summed E-state index contributed by atoms with van der Waals surface area (Å²) >= 11 is 1.69. The molecule has 4 heterocycles. The van der Waals surface area contributed by atoms with Crippen LogP contribution in [0.1, 0.15) is 28.2 Å². The Hall–Kier alpha value is -2.41. The van der Waals surface area contributed by atoms with E-state index in [9.17, 15) is 4.79 Å². The van der Waals surface area contributed by atoms with Crippen LogP contribution >= 0.6 is 11.3 Å². The van der Waals surface area contributed by atoms with E-state index in [2.05, 4.69) is 34.4 Å². The van der Waals surface area contributed by atoms with E-state index in [1.54, 1.807) is 17.5 Å². The molecule has 24 heavy (non-hydrogen) atoms. The summed E-state index contributed by atoms with van der Waals surface area (Å²) in [5.41, 5.74) is 1.39. The normalized spacial score (nSPS) is 17.5. The average molecular weight is 341 g/mol. The fourth-order valence-corrected chi connectivity index (χ4v) is 4.03. The first-order valence-corrected chi connectivity index (χ1v) is 8.93. The zero-order valence-electron chi connectivity index (χ0n) is 13.5. The number of amides is 1. The van der Waals surface area contributed by atoms with Gasteiger partial charge in [-0.05, 0) is 44.0 Å². The van der Waals surface area contributed by atoms with Crippen molar-refractivity contribution in [1.29, 1.82) is 0 Å². The average Bonchev–Trinajstić information content (AvgIpc) is 3.35. The Kier molecular flexibility index (Phi) is 3.93. The fourth-order valence-electron chi connectivity index (χ4n) is 3.20. The number of nitrogens with zero attached hydrogens (tertiary/aromatic N) is 4. The maximum atomic E-state index is 12.9. The molecule has 0 unspecified atom stereocenters. The van der Waals surface area contributed by atoms with Gasteiger partial charge in [-0.25, -0.2) is 0 Å². The highest BCUT2D eigenvalue weighted by molar-refractivity contribution is 7.15. The standard InChI is InChI=1S/C17H19N5OS/c1-12-5-6-16(24-12)14-10-15(20-19-14)17(23)22-9-2-4-13(22)11-21-8-3-7-18-21/h3,5-8,10,13H,2,4,9,11H2,1H3,(H,19,20)/t13-/m1/s1. The molecule has 7 heteroatoms. The van der Waals surface area contributed by atoms with E-state index in [4.69, 9.17) is 0 Å². The second kappa shape index (κ2) is 6.24. The lowest BCUT2D eigenvalue weighted by Gasteiger charge is -2.23. The van der Waals surface area contributed by atoms with E-state index in [1.165, 1.54) is 4.88 Å². The Bertz CT molecular complexity index is 835. The van der Waals surface area contributed by atoms with Gasteiger partial charge < -0.3 is 4.90 Å². The van der Waals surface area contributed by atoms with E-state index >= 15 is 0 Å². The minimum atomic E-state index is 0.000402. The zero-order valence-corrected chi connectivity index (χ0v) is 14.3. The number of likely N-dealkylation sites (tertiary alicyclic amines) is 1. The topological polar surface area (TPSA) is 66.8 Å². The van der Waals surface area contributed by atoms with Gasteiger partial charge >= 0.3 is 0 Å². The first kappa shape index (κ1) is 15.1. The molecule has 1 saturated heterocycles. The summed E-state index contributed by atoms with van der Waals surface area (Å²) in [7, 11) is 0. The SMILES string of the molecule is Cc1ccc(-c2cc(C(=O)N3CCC[C@@H]3Cn3cccn3)n[nH]2)s1. The number of carbonyl (C=O) groups is 1. The lowest BCUT2D eigenvalue weighted by Crippen LogP contribution is -2.38. The summed E-state index contributed by atoms with van der Waals surface area (Å²) in [5.74, 6) is 0.000402. The second-order valence-electron chi connectivity index (χ2n) is 6.10. The van der Waals surface area contributed by atoms with E-state index in [0.717, 1.165) is 36.5 Å². The van der Waals surface area contributed by atoms with Crippen LogP contribution in [0.25, 0.3) is 10.6 Å². The molecule has 0 aromatic carbocycles. The molecule has 124 valence electrons. The van der Waals surface area contributed by atoms with Crippen molar-refractivity contribution in [2.75, 3.05) is 6.54 Å². The third kappa shape index (κ3) is 2.87.